The van der Waals surface area contributed by atoms with Crippen molar-refractivity contribution in [2.45, 2.75) is 44.9 Å². The number of carboxylic acids is 1. The molecule has 0 radical (unpaired) electrons. The van der Waals surface area contributed by atoms with Crippen LogP contribution in [-0.4, -0.2) is 43.4 Å². The summed E-state index contributed by atoms with van der Waals surface area (Å²) in [7, 11) is 0. The lowest BCUT2D eigenvalue weighted by atomic mass is 10.0. The molecular formula is C24H25Cl2N5O4. The van der Waals surface area contributed by atoms with Gasteiger partial charge in [-0.15, -0.1) is 0 Å². The van der Waals surface area contributed by atoms with Gasteiger partial charge in [0.05, 0.1) is 36.5 Å². The SMILES string of the molecule is O=C(O)C[C@H](NC(=O)c1cnn(CCc2ccc3c(n2)NCCC3)c1CO)c1cc(Cl)cc(Cl)c1. The van der Waals surface area contributed by atoms with Crippen molar-refractivity contribution in [3.63, 3.8) is 0 Å². The summed E-state index contributed by atoms with van der Waals surface area (Å²) in [4.78, 5) is 29.1. The van der Waals surface area contributed by atoms with Crippen LogP contribution in [0.15, 0.2) is 36.5 Å². The van der Waals surface area contributed by atoms with Gasteiger partial charge >= 0.3 is 5.97 Å². The quantitative estimate of drug-likeness (QED) is 0.341. The fourth-order valence-corrected chi connectivity index (χ4v) is 4.67. The first-order valence-electron chi connectivity index (χ1n) is 11.2. The highest BCUT2D eigenvalue weighted by molar-refractivity contribution is 6.34. The second-order valence-corrected chi connectivity index (χ2v) is 9.18. The normalized spacial score (nSPS) is 13.6. The van der Waals surface area contributed by atoms with Crippen molar-refractivity contribution in [2.75, 3.05) is 11.9 Å². The van der Waals surface area contributed by atoms with Crippen molar-refractivity contribution in [2.24, 2.45) is 0 Å². The zero-order valence-electron chi connectivity index (χ0n) is 18.8. The number of carboxylic acid groups (broad SMARTS) is 1. The Labute approximate surface area is 212 Å². The zero-order chi connectivity index (χ0) is 24.9. The van der Waals surface area contributed by atoms with Gasteiger partial charge in [-0.1, -0.05) is 29.3 Å². The number of aliphatic hydroxyl groups excluding tert-OH is 1. The topological polar surface area (TPSA) is 129 Å². The maximum absolute atomic E-state index is 13.1. The summed E-state index contributed by atoms with van der Waals surface area (Å²) in [6.45, 7) is 0.909. The molecule has 11 heteroatoms. The van der Waals surface area contributed by atoms with Gasteiger partial charge in [-0.05, 0) is 48.2 Å². The van der Waals surface area contributed by atoms with E-state index in [1.54, 1.807) is 16.8 Å². The fourth-order valence-electron chi connectivity index (χ4n) is 4.13. The third-order valence-corrected chi connectivity index (χ3v) is 6.28. The first-order valence-corrected chi connectivity index (χ1v) is 12.0. The second kappa shape index (κ2) is 11.1. The molecule has 0 unspecified atom stereocenters. The third kappa shape index (κ3) is 6.11. The number of amides is 1. The number of anilines is 1. The van der Waals surface area contributed by atoms with E-state index >= 15 is 0 Å². The Hall–Kier alpha value is -3.14. The number of carbonyl (C=O) groups excluding carboxylic acids is 1. The zero-order valence-corrected chi connectivity index (χ0v) is 20.3. The van der Waals surface area contributed by atoms with Crippen LogP contribution < -0.4 is 10.6 Å². The minimum absolute atomic E-state index is 0.163. The van der Waals surface area contributed by atoms with Crippen LogP contribution in [0, 0.1) is 0 Å². The Bertz CT molecular complexity index is 1230. The van der Waals surface area contributed by atoms with Gasteiger partial charge in [0.1, 0.15) is 5.82 Å². The number of halogens is 2. The minimum Gasteiger partial charge on any atom is -0.481 e. The number of nitrogens with zero attached hydrogens (tertiary/aromatic N) is 3. The summed E-state index contributed by atoms with van der Waals surface area (Å²) in [6, 6.07) is 7.81. The molecule has 4 N–H and O–H groups in total. The van der Waals surface area contributed by atoms with E-state index in [-0.39, 0.29) is 12.0 Å². The van der Waals surface area contributed by atoms with Crippen LogP contribution in [0.1, 0.15) is 51.8 Å². The van der Waals surface area contributed by atoms with Crippen molar-refractivity contribution in [3.05, 3.63) is 74.7 Å². The van der Waals surface area contributed by atoms with Gasteiger partial charge in [-0.2, -0.15) is 5.10 Å². The summed E-state index contributed by atoms with van der Waals surface area (Å²) >= 11 is 12.1. The summed E-state index contributed by atoms with van der Waals surface area (Å²) in [5, 5.41) is 30.3. The number of aliphatic hydroxyl groups is 1. The molecule has 1 aromatic carbocycles. The Kier molecular flexibility index (Phi) is 7.90. The van der Waals surface area contributed by atoms with Gasteiger partial charge in [0.25, 0.3) is 5.91 Å². The lowest BCUT2D eigenvalue weighted by Crippen LogP contribution is -2.31. The van der Waals surface area contributed by atoms with Crippen molar-refractivity contribution in [3.8, 4) is 0 Å². The lowest BCUT2D eigenvalue weighted by molar-refractivity contribution is -0.137. The molecule has 184 valence electrons. The largest absolute Gasteiger partial charge is 0.481 e. The molecule has 1 amide bonds. The van der Waals surface area contributed by atoms with E-state index < -0.39 is 24.5 Å². The molecular weight excluding hydrogens is 493 g/mol. The van der Waals surface area contributed by atoms with Gasteiger partial charge in [0.2, 0.25) is 0 Å². The highest BCUT2D eigenvalue weighted by Gasteiger charge is 2.23. The third-order valence-electron chi connectivity index (χ3n) is 5.85. The van der Waals surface area contributed by atoms with E-state index in [2.05, 4.69) is 26.8 Å². The minimum atomic E-state index is -1.10. The molecule has 0 spiro atoms. The van der Waals surface area contributed by atoms with Crippen LogP contribution >= 0.6 is 23.2 Å². The Morgan fingerprint density at radius 2 is 1.97 bits per heavy atom. The van der Waals surface area contributed by atoms with Crippen LogP contribution in [0.5, 0.6) is 0 Å². The molecule has 0 saturated heterocycles. The number of hydrogen-bond acceptors (Lipinski definition) is 6. The number of hydrogen-bond donors (Lipinski definition) is 4. The number of aryl methyl sites for hydroxylation is 3. The van der Waals surface area contributed by atoms with E-state index in [0.29, 0.717) is 34.3 Å². The summed E-state index contributed by atoms with van der Waals surface area (Å²) < 4.78 is 1.56. The maximum atomic E-state index is 13.1. The van der Waals surface area contributed by atoms with Crippen molar-refractivity contribution in [1.82, 2.24) is 20.1 Å². The smallest absolute Gasteiger partial charge is 0.305 e. The molecule has 35 heavy (non-hydrogen) atoms. The molecule has 0 bridgehead atoms. The van der Waals surface area contributed by atoms with Gasteiger partial charge < -0.3 is 20.8 Å². The number of aliphatic carboxylic acids is 1. The maximum Gasteiger partial charge on any atom is 0.305 e. The predicted octanol–water partition coefficient (Wildman–Crippen LogP) is 3.62. The van der Waals surface area contributed by atoms with Crippen molar-refractivity contribution in [1.29, 1.82) is 0 Å². The fraction of sp³-hybridized carbons (Fsp3) is 0.333. The second-order valence-electron chi connectivity index (χ2n) is 8.30. The number of fused-ring (bicyclic) bond motifs is 1. The van der Waals surface area contributed by atoms with Crippen LogP contribution in [0.2, 0.25) is 10.0 Å². The van der Waals surface area contributed by atoms with Gasteiger partial charge in [0.15, 0.2) is 0 Å². The molecule has 0 aliphatic carbocycles. The molecule has 9 nitrogen and oxygen atoms in total. The van der Waals surface area contributed by atoms with E-state index in [4.69, 9.17) is 23.2 Å². The number of nitrogens with one attached hydrogen (secondary N) is 2. The predicted molar refractivity (Wildman–Crippen MR) is 132 cm³/mol. The summed E-state index contributed by atoms with van der Waals surface area (Å²) in [5.41, 5.74) is 3.03. The number of carbonyl (C=O) groups is 2. The monoisotopic (exact) mass is 517 g/mol. The lowest BCUT2D eigenvalue weighted by Gasteiger charge is -2.18. The molecule has 3 heterocycles. The number of rotatable bonds is 9. The van der Waals surface area contributed by atoms with E-state index in [9.17, 15) is 19.8 Å². The Morgan fingerprint density at radius 1 is 1.20 bits per heavy atom. The van der Waals surface area contributed by atoms with Crippen LogP contribution in [0.4, 0.5) is 5.82 Å². The standard InChI is InChI=1S/C24H25Cl2N5O4/c25-16-8-15(9-17(26)10-16)20(11-22(33)34)30-24(35)19-12-28-31(21(19)13-32)7-5-18-4-3-14-2-1-6-27-23(14)29-18/h3-4,8-10,12,20,32H,1-2,5-7,11,13H2,(H,27,29)(H,30,35)(H,33,34)/t20-/m0/s1. The molecule has 1 aliphatic rings. The number of benzene rings is 1. The van der Waals surface area contributed by atoms with Gasteiger partial charge in [-0.25, -0.2) is 4.98 Å². The summed E-state index contributed by atoms with van der Waals surface area (Å²) in [5.74, 6) is -0.752. The Morgan fingerprint density at radius 3 is 2.69 bits per heavy atom. The number of aromatic nitrogens is 3. The molecule has 3 aromatic rings. The first kappa shape index (κ1) is 25.0. The van der Waals surface area contributed by atoms with E-state index in [0.717, 1.165) is 30.9 Å². The van der Waals surface area contributed by atoms with Gasteiger partial charge in [-0.3, -0.25) is 14.3 Å². The summed E-state index contributed by atoms with van der Waals surface area (Å²) in [6.07, 6.45) is 3.65. The van der Waals surface area contributed by atoms with Crippen LogP contribution in [0.3, 0.4) is 0 Å². The molecule has 0 saturated carbocycles. The highest BCUT2D eigenvalue weighted by atomic mass is 35.5. The first-order chi connectivity index (χ1) is 16.8. The number of pyridine rings is 1. The molecule has 1 aliphatic heterocycles. The molecule has 2 aromatic heterocycles. The molecule has 0 fully saturated rings. The van der Waals surface area contributed by atoms with Crippen LogP contribution in [0.25, 0.3) is 0 Å². The average molecular weight is 518 g/mol. The highest BCUT2D eigenvalue weighted by Crippen LogP contribution is 2.26. The van der Waals surface area contributed by atoms with Crippen molar-refractivity contribution < 1.29 is 19.8 Å². The Balaban J connectivity index is 1.49. The molecule has 4 rings (SSSR count). The van der Waals surface area contributed by atoms with E-state index in [1.165, 1.54) is 17.8 Å². The van der Waals surface area contributed by atoms with E-state index in [1.807, 2.05) is 6.07 Å². The van der Waals surface area contributed by atoms with Crippen molar-refractivity contribution >= 4 is 40.9 Å². The average Bonchev–Trinajstić information content (AvgIpc) is 3.24. The van der Waals surface area contributed by atoms with Gasteiger partial charge in [0, 0.05) is 35.2 Å². The van der Waals surface area contributed by atoms with Crippen LogP contribution in [-0.2, 0) is 30.8 Å². The molecule has 1 atom stereocenters.